The SMILES string of the molecule is Cc1ccc(-c2ccc(/C=C3\SC(=S)N(c4ccc(Cl)cc4)C3=O)o2)cc1[N+](=O)[O-]. The molecule has 4 rings (SSSR count). The predicted molar refractivity (Wildman–Crippen MR) is 123 cm³/mol. The highest BCUT2D eigenvalue weighted by Gasteiger charge is 2.33. The lowest BCUT2D eigenvalue weighted by molar-refractivity contribution is -0.385. The molecule has 1 aliphatic rings. The van der Waals surface area contributed by atoms with Gasteiger partial charge in [-0.2, -0.15) is 0 Å². The Hall–Kier alpha value is -2.94. The Labute approximate surface area is 186 Å². The summed E-state index contributed by atoms with van der Waals surface area (Å²) in [6, 6.07) is 15.2. The number of thioether (sulfide) groups is 1. The summed E-state index contributed by atoms with van der Waals surface area (Å²) in [6.45, 7) is 1.68. The lowest BCUT2D eigenvalue weighted by atomic mass is 10.1. The van der Waals surface area contributed by atoms with E-state index in [0.717, 1.165) is 0 Å². The number of amides is 1. The van der Waals surface area contributed by atoms with Crippen molar-refractivity contribution in [2.45, 2.75) is 6.92 Å². The van der Waals surface area contributed by atoms with Gasteiger partial charge in [0, 0.05) is 28.3 Å². The number of thiocarbonyl (C=S) groups is 1. The molecule has 6 nitrogen and oxygen atoms in total. The highest BCUT2D eigenvalue weighted by atomic mass is 35.5. The van der Waals surface area contributed by atoms with Gasteiger partial charge in [-0.3, -0.25) is 19.8 Å². The Morgan fingerprint density at radius 3 is 2.60 bits per heavy atom. The largest absolute Gasteiger partial charge is 0.457 e. The van der Waals surface area contributed by atoms with Gasteiger partial charge in [0.15, 0.2) is 4.32 Å². The van der Waals surface area contributed by atoms with Gasteiger partial charge < -0.3 is 4.42 Å². The van der Waals surface area contributed by atoms with E-state index in [4.69, 9.17) is 28.2 Å². The van der Waals surface area contributed by atoms with Crippen LogP contribution in [0.3, 0.4) is 0 Å². The number of anilines is 1. The molecule has 2 heterocycles. The summed E-state index contributed by atoms with van der Waals surface area (Å²) in [6.07, 6.45) is 1.61. The minimum atomic E-state index is -0.426. The molecule has 9 heteroatoms. The van der Waals surface area contributed by atoms with E-state index in [1.807, 2.05) is 0 Å². The fourth-order valence-corrected chi connectivity index (χ4v) is 4.36. The first-order valence-corrected chi connectivity index (χ1v) is 10.3. The first-order valence-electron chi connectivity index (χ1n) is 8.72. The van der Waals surface area contributed by atoms with Crippen molar-refractivity contribution < 1.29 is 14.1 Å². The van der Waals surface area contributed by atoms with Crippen molar-refractivity contribution in [1.29, 1.82) is 0 Å². The van der Waals surface area contributed by atoms with Crippen LogP contribution in [0, 0.1) is 17.0 Å². The van der Waals surface area contributed by atoms with Gasteiger partial charge in [0.1, 0.15) is 11.5 Å². The van der Waals surface area contributed by atoms with E-state index < -0.39 is 4.92 Å². The van der Waals surface area contributed by atoms with E-state index in [1.54, 1.807) is 61.5 Å². The summed E-state index contributed by atoms with van der Waals surface area (Å²) in [4.78, 5) is 25.5. The van der Waals surface area contributed by atoms with Crippen LogP contribution in [-0.4, -0.2) is 15.2 Å². The molecule has 1 fully saturated rings. The average Bonchev–Trinajstić information content (AvgIpc) is 3.28. The molecule has 0 aliphatic carbocycles. The summed E-state index contributed by atoms with van der Waals surface area (Å²) < 4.78 is 6.21. The normalized spacial score (nSPS) is 15.3. The van der Waals surface area contributed by atoms with Crippen LogP contribution >= 0.6 is 35.6 Å². The predicted octanol–water partition coefficient (Wildman–Crippen LogP) is 6.22. The van der Waals surface area contributed by atoms with E-state index in [-0.39, 0.29) is 11.6 Å². The number of hydrogen-bond acceptors (Lipinski definition) is 6. The number of benzene rings is 2. The Balaban J connectivity index is 1.61. The van der Waals surface area contributed by atoms with Gasteiger partial charge in [-0.1, -0.05) is 47.7 Å². The molecule has 30 heavy (non-hydrogen) atoms. The van der Waals surface area contributed by atoms with Gasteiger partial charge in [-0.15, -0.1) is 0 Å². The number of nitro benzene ring substituents is 1. The van der Waals surface area contributed by atoms with Crippen molar-refractivity contribution in [3.8, 4) is 11.3 Å². The van der Waals surface area contributed by atoms with Crippen LogP contribution < -0.4 is 4.90 Å². The second-order valence-corrected chi connectivity index (χ2v) is 8.57. The number of carbonyl (C=O) groups is 1. The van der Waals surface area contributed by atoms with Crippen molar-refractivity contribution in [2.75, 3.05) is 4.90 Å². The molecule has 1 saturated heterocycles. The number of aryl methyl sites for hydroxylation is 1. The molecule has 0 radical (unpaired) electrons. The van der Waals surface area contributed by atoms with Crippen molar-refractivity contribution in [2.24, 2.45) is 0 Å². The zero-order chi connectivity index (χ0) is 21.4. The van der Waals surface area contributed by atoms with Gasteiger partial charge in [-0.25, -0.2) is 0 Å². The molecule has 1 aliphatic heterocycles. The molecule has 1 aromatic heterocycles. The van der Waals surface area contributed by atoms with Crippen LogP contribution in [0.15, 0.2) is 63.9 Å². The van der Waals surface area contributed by atoms with E-state index in [1.165, 1.54) is 22.7 Å². The van der Waals surface area contributed by atoms with Gasteiger partial charge >= 0.3 is 0 Å². The number of carbonyl (C=O) groups excluding carboxylic acids is 1. The molecular formula is C21H13ClN2O4S2. The van der Waals surface area contributed by atoms with Crippen molar-refractivity contribution >= 4 is 63.3 Å². The van der Waals surface area contributed by atoms with Crippen LogP contribution in [0.1, 0.15) is 11.3 Å². The van der Waals surface area contributed by atoms with E-state index >= 15 is 0 Å². The first kappa shape index (κ1) is 20.3. The molecule has 0 saturated carbocycles. The lowest BCUT2D eigenvalue weighted by Crippen LogP contribution is -2.27. The molecule has 0 atom stereocenters. The maximum atomic E-state index is 12.8. The minimum absolute atomic E-state index is 0.0225. The van der Waals surface area contributed by atoms with Crippen LogP contribution in [0.2, 0.25) is 5.02 Å². The second-order valence-electron chi connectivity index (χ2n) is 6.45. The topological polar surface area (TPSA) is 76.6 Å². The smallest absolute Gasteiger partial charge is 0.273 e. The monoisotopic (exact) mass is 456 g/mol. The number of halogens is 1. The molecule has 0 N–H and O–H groups in total. The summed E-state index contributed by atoms with van der Waals surface area (Å²) >= 11 is 12.4. The summed E-state index contributed by atoms with van der Waals surface area (Å²) in [5.74, 6) is 0.665. The fourth-order valence-electron chi connectivity index (χ4n) is 2.95. The van der Waals surface area contributed by atoms with E-state index in [0.29, 0.717) is 42.6 Å². The number of nitrogens with zero attached hydrogens (tertiary/aromatic N) is 2. The summed E-state index contributed by atoms with van der Waals surface area (Å²) in [5.41, 5.74) is 1.81. The minimum Gasteiger partial charge on any atom is -0.457 e. The zero-order valence-corrected chi connectivity index (χ0v) is 17.9. The molecule has 150 valence electrons. The first-order chi connectivity index (χ1) is 14.3. The maximum Gasteiger partial charge on any atom is 0.273 e. The number of rotatable bonds is 4. The van der Waals surface area contributed by atoms with Crippen LogP contribution in [0.25, 0.3) is 17.4 Å². The third-order valence-electron chi connectivity index (χ3n) is 4.47. The molecular weight excluding hydrogens is 444 g/mol. The van der Waals surface area contributed by atoms with Gasteiger partial charge in [0.25, 0.3) is 11.6 Å². The fraction of sp³-hybridized carbons (Fsp3) is 0.0476. The van der Waals surface area contributed by atoms with Crippen LogP contribution in [0.4, 0.5) is 11.4 Å². The highest BCUT2D eigenvalue weighted by molar-refractivity contribution is 8.27. The van der Waals surface area contributed by atoms with Gasteiger partial charge in [-0.05, 0) is 43.3 Å². The zero-order valence-electron chi connectivity index (χ0n) is 15.5. The van der Waals surface area contributed by atoms with Crippen molar-refractivity contribution in [3.63, 3.8) is 0 Å². The third kappa shape index (κ3) is 3.89. The second kappa shape index (κ2) is 8.06. The standard InChI is InChI=1S/C21H13ClN2O4S2/c1-12-2-3-13(10-17(12)24(26)27)18-9-8-16(28-18)11-19-20(25)23(21(29)30-19)15-6-4-14(22)5-7-15/h2-11H,1H3/b19-11-. The summed E-state index contributed by atoms with van der Waals surface area (Å²) in [7, 11) is 0. The quantitative estimate of drug-likeness (QED) is 0.201. The Morgan fingerprint density at radius 1 is 1.17 bits per heavy atom. The molecule has 3 aromatic rings. The molecule has 0 bridgehead atoms. The van der Waals surface area contributed by atoms with E-state index in [9.17, 15) is 14.9 Å². The van der Waals surface area contributed by atoms with E-state index in [2.05, 4.69) is 0 Å². The molecule has 2 aromatic carbocycles. The van der Waals surface area contributed by atoms with Crippen molar-refractivity contribution in [3.05, 3.63) is 86.0 Å². The molecule has 1 amide bonds. The van der Waals surface area contributed by atoms with Crippen LogP contribution in [-0.2, 0) is 4.79 Å². The van der Waals surface area contributed by atoms with Gasteiger partial charge in [0.05, 0.1) is 15.5 Å². The number of nitro groups is 1. The number of furan rings is 1. The average molecular weight is 457 g/mol. The third-order valence-corrected chi connectivity index (χ3v) is 6.02. The van der Waals surface area contributed by atoms with Gasteiger partial charge in [0.2, 0.25) is 0 Å². The summed E-state index contributed by atoms with van der Waals surface area (Å²) in [5, 5.41) is 11.7. The maximum absolute atomic E-state index is 12.8. The van der Waals surface area contributed by atoms with Crippen molar-refractivity contribution in [1.82, 2.24) is 0 Å². The Morgan fingerprint density at radius 2 is 1.90 bits per heavy atom. The number of hydrogen-bond donors (Lipinski definition) is 0. The van der Waals surface area contributed by atoms with Crippen LogP contribution in [0.5, 0.6) is 0 Å². The molecule has 0 unspecified atom stereocenters. The highest BCUT2D eigenvalue weighted by Crippen LogP contribution is 2.37. The molecule has 0 spiro atoms. The lowest BCUT2D eigenvalue weighted by Gasteiger charge is -2.14. The Bertz CT molecular complexity index is 1220. The Kier molecular flexibility index (Phi) is 5.46.